The van der Waals surface area contributed by atoms with Crippen LogP contribution in [0.5, 0.6) is 0 Å². The highest BCUT2D eigenvalue weighted by molar-refractivity contribution is 5.85. The first-order valence-corrected chi connectivity index (χ1v) is 13.6. The van der Waals surface area contributed by atoms with Crippen LogP contribution in [0.3, 0.4) is 0 Å². The summed E-state index contributed by atoms with van der Waals surface area (Å²) in [5.41, 5.74) is 24.7. The van der Waals surface area contributed by atoms with E-state index in [2.05, 4.69) is 39.1 Å². The maximum absolute atomic E-state index is 6.63. The second kappa shape index (κ2) is 10.0. The number of aromatic nitrogens is 4. The summed E-state index contributed by atoms with van der Waals surface area (Å²) in [7, 11) is 0. The Hall–Kier alpha value is -3.65. The predicted molar refractivity (Wildman–Crippen MR) is 150 cm³/mol. The van der Waals surface area contributed by atoms with Crippen LogP contribution < -0.4 is 22.5 Å². The average molecular weight is 497 g/mol. The van der Waals surface area contributed by atoms with Gasteiger partial charge in [-0.1, -0.05) is 68.1 Å². The first-order chi connectivity index (χ1) is 18.1. The second-order valence-electron chi connectivity index (χ2n) is 10.6. The molecule has 192 valence electrons. The van der Waals surface area contributed by atoms with Gasteiger partial charge in [-0.05, 0) is 42.9 Å². The molecule has 2 aliphatic carbocycles. The van der Waals surface area contributed by atoms with Crippen molar-refractivity contribution in [2.24, 2.45) is 5.73 Å². The van der Waals surface area contributed by atoms with Gasteiger partial charge in [0.1, 0.15) is 5.82 Å². The fourth-order valence-electron chi connectivity index (χ4n) is 6.14. The minimum absolute atomic E-state index is 0.129. The number of benzene rings is 2. The van der Waals surface area contributed by atoms with E-state index in [0.29, 0.717) is 18.4 Å². The van der Waals surface area contributed by atoms with E-state index in [1.807, 2.05) is 24.3 Å². The molecular formula is C29H36N8. The average Bonchev–Trinajstić information content (AvgIpc) is 3.56. The van der Waals surface area contributed by atoms with Crippen molar-refractivity contribution in [2.45, 2.75) is 75.9 Å². The molecule has 2 fully saturated rings. The second-order valence-corrected chi connectivity index (χ2v) is 10.6. The van der Waals surface area contributed by atoms with Gasteiger partial charge in [-0.2, -0.15) is 9.97 Å². The van der Waals surface area contributed by atoms with E-state index in [1.165, 1.54) is 25.7 Å². The molecule has 0 radical (unpaired) electrons. The normalized spacial score (nSPS) is 20.5. The molecular weight excluding hydrogens is 460 g/mol. The molecule has 4 aromatic rings. The van der Waals surface area contributed by atoms with Crippen molar-refractivity contribution in [3.63, 3.8) is 0 Å². The number of fused-ring (bicyclic) bond motifs is 1. The molecule has 8 heteroatoms. The fourth-order valence-corrected chi connectivity index (χ4v) is 6.14. The molecule has 37 heavy (non-hydrogen) atoms. The van der Waals surface area contributed by atoms with E-state index in [4.69, 9.17) is 27.2 Å². The smallest absolute Gasteiger partial charge is 0.224 e. The van der Waals surface area contributed by atoms with Crippen LogP contribution >= 0.6 is 0 Å². The Labute approximate surface area is 217 Å². The monoisotopic (exact) mass is 496 g/mol. The first-order valence-electron chi connectivity index (χ1n) is 13.6. The maximum Gasteiger partial charge on any atom is 0.224 e. The molecule has 2 aromatic heterocycles. The highest BCUT2D eigenvalue weighted by Gasteiger charge is 2.33. The molecule has 0 amide bonds. The van der Waals surface area contributed by atoms with E-state index in [9.17, 15) is 0 Å². The van der Waals surface area contributed by atoms with Gasteiger partial charge in [0.25, 0.3) is 0 Å². The van der Waals surface area contributed by atoms with E-state index >= 15 is 0 Å². The van der Waals surface area contributed by atoms with Crippen LogP contribution in [0.4, 0.5) is 17.5 Å². The highest BCUT2D eigenvalue weighted by atomic mass is 15.2. The number of nitrogen functional groups attached to an aromatic ring is 2. The highest BCUT2D eigenvalue weighted by Crippen LogP contribution is 2.40. The lowest BCUT2D eigenvalue weighted by atomic mass is 9.84. The molecule has 2 saturated carbocycles. The van der Waals surface area contributed by atoms with Gasteiger partial charge in [0.05, 0.1) is 0 Å². The lowest BCUT2D eigenvalue weighted by molar-refractivity contribution is 0.354. The third-order valence-electron chi connectivity index (χ3n) is 8.11. The van der Waals surface area contributed by atoms with Crippen LogP contribution in [0.1, 0.15) is 74.7 Å². The predicted octanol–water partition coefficient (Wildman–Crippen LogP) is 5.37. The summed E-state index contributed by atoms with van der Waals surface area (Å²) >= 11 is 0. The Morgan fingerprint density at radius 3 is 2.32 bits per heavy atom. The lowest BCUT2D eigenvalue weighted by Crippen LogP contribution is -2.33. The zero-order chi connectivity index (χ0) is 25.4. The molecule has 7 N–H and O–H groups in total. The number of imidazole rings is 1. The van der Waals surface area contributed by atoms with Crippen molar-refractivity contribution in [1.82, 2.24) is 19.5 Å². The van der Waals surface area contributed by atoms with Crippen molar-refractivity contribution >= 4 is 28.6 Å². The van der Waals surface area contributed by atoms with Crippen molar-refractivity contribution in [3.05, 3.63) is 59.9 Å². The fraction of sp³-hybridized carbons (Fsp3) is 0.414. The molecule has 2 atom stereocenters. The van der Waals surface area contributed by atoms with Crippen LogP contribution in [0.25, 0.3) is 22.3 Å². The van der Waals surface area contributed by atoms with Crippen LogP contribution in [-0.2, 0) is 6.54 Å². The van der Waals surface area contributed by atoms with Gasteiger partial charge in [0.15, 0.2) is 17.0 Å². The van der Waals surface area contributed by atoms with Crippen LogP contribution in [0, 0.1) is 0 Å². The summed E-state index contributed by atoms with van der Waals surface area (Å²) < 4.78 is 2.36. The number of para-hydroxylation sites is 1. The summed E-state index contributed by atoms with van der Waals surface area (Å²) in [6.07, 6.45) is 9.25. The first kappa shape index (κ1) is 23.7. The molecule has 2 heterocycles. The SMILES string of the molecule is Nc1nc(NCc2ccc(-c3ccccc3N)cc2)c2nc(C3CCCCC3N)n(C3CCCC3)c2n1. The minimum atomic E-state index is 0.129. The Morgan fingerprint density at radius 1 is 0.838 bits per heavy atom. The van der Waals surface area contributed by atoms with Crippen LogP contribution in [0.2, 0.25) is 0 Å². The zero-order valence-corrected chi connectivity index (χ0v) is 21.2. The molecule has 6 rings (SSSR count). The molecule has 0 aliphatic heterocycles. The molecule has 2 aliphatic rings. The summed E-state index contributed by atoms with van der Waals surface area (Å²) in [6, 6.07) is 16.9. The van der Waals surface area contributed by atoms with Crippen molar-refractivity contribution in [3.8, 4) is 11.1 Å². The van der Waals surface area contributed by atoms with E-state index < -0.39 is 0 Å². The minimum Gasteiger partial charge on any atom is -0.398 e. The quantitative estimate of drug-likeness (QED) is 0.264. The van der Waals surface area contributed by atoms with E-state index in [-0.39, 0.29) is 17.9 Å². The van der Waals surface area contributed by atoms with Gasteiger partial charge in [0, 0.05) is 35.8 Å². The van der Waals surface area contributed by atoms with Gasteiger partial charge >= 0.3 is 0 Å². The van der Waals surface area contributed by atoms with Crippen LogP contribution in [-0.4, -0.2) is 25.6 Å². The van der Waals surface area contributed by atoms with Crippen molar-refractivity contribution < 1.29 is 0 Å². The summed E-state index contributed by atoms with van der Waals surface area (Å²) in [5, 5.41) is 3.50. The van der Waals surface area contributed by atoms with Crippen molar-refractivity contribution in [1.29, 1.82) is 0 Å². The van der Waals surface area contributed by atoms with Crippen LogP contribution in [0.15, 0.2) is 48.5 Å². The molecule has 0 saturated heterocycles. The third-order valence-corrected chi connectivity index (χ3v) is 8.11. The number of anilines is 3. The molecule has 8 nitrogen and oxygen atoms in total. The Morgan fingerprint density at radius 2 is 1.57 bits per heavy atom. The summed E-state index contributed by atoms with van der Waals surface area (Å²) in [4.78, 5) is 14.4. The zero-order valence-electron chi connectivity index (χ0n) is 21.2. The van der Waals surface area contributed by atoms with E-state index in [0.717, 1.165) is 65.0 Å². The Bertz CT molecular complexity index is 1390. The topological polar surface area (TPSA) is 134 Å². The standard InChI is InChI=1S/C29H36N8/c30-23-11-5-3-9-21(23)19-15-13-18(14-16-19)17-33-26-25-28(36-29(32)35-26)37(20-7-1-2-8-20)27(34-25)22-10-4-6-12-24(22)31/h3,5,9,11,13-16,20,22,24H,1-2,4,6-8,10,12,17,30-31H2,(H3,32,33,35,36). The molecule has 2 aromatic carbocycles. The number of nitrogens with zero attached hydrogens (tertiary/aromatic N) is 4. The summed E-state index contributed by atoms with van der Waals surface area (Å²) in [6.45, 7) is 0.602. The lowest BCUT2D eigenvalue weighted by Gasteiger charge is -2.29. The van der Waals surface area contributed by atoms with Gasteiger partial charge in [-0.15, -0.1) is 0 Å². The maximum atomic E-state index is 6.63. The van der Waals surface area contributed by atoms with Crippen molar-refractivity contribution in [2.75, 3.05) is 16.8 Å². The molecule has 2 unspecified atom stereocenters. The number of hydrogen-bond donors (Lipinski definition) is 4. The Balaban J connectivity index is 1.32. The molecule has 0 bridgehead atoms. The van der Waals surface area contributed by atoms with Gasteiger partial charge in [-0.25, -0.2) is 4.98 Å². The van der Waals surface area contributed by atoms with Gasteiger partial charge in [0.2, 0.25) is 5.95 Å². The van der Waals surface area contributed by atoms with Gasteiger partial charge in [-0.3, -0.25) is 0 Å². The van der Waals surface area contributed by atoms with Gasteiger partial charge < -0.3 is 27.1 Å². The largest absolute Gasteiger partial charge is 0.398 e. The molecule has 0 spiro atoms. The number of hydrogen-bond acceptors (Lipinski definition) is 7. The van der Waals surface area contributed by atoms with E-state index in [1.54, 1.807) is 0 Å². The number of nitrogens with one attached hydrogen (secondary N) is 1. The third kappa shape index (κ3) is 4.62. The number of rotatable bonds is 6. The number of nitrogens with two attached hydrogens (primary N) is 3. The summed E-state index contributed by atoms with van der Waals surface area (Å²) in [5.74, 6) is 2.27. The Kier molecular flexibility index (Phi) is 6.42.